The Morgan fingerprint density at radius 1 is 1.04 bits per heavy atom. The fourth-order valence-electron chi connectivity index (χ4n) is 2.61. The van der Waals surface area contributed by atoms with Crippen molar-refractivity contribution < 1.29 is 18.3 Å². The van der Waals surface area contributed by atoms with Crippen molar-refractivity contribution in [1.82, 2.24) is 0 Å². The Labute approximate surface area is 145 Å². The number of nitrogens with two attached hydrogens (primary N) is 1. The number of hydrogen-bond donors (Lipinski definition) is 3. The van der Waals surface area contributed by atoms with E-state index in [2.05, 4.69) is 4.72 Å². The molecule has 0 fully saturated rings. The summed E-state index contributed by atoms with van der Waals surface area (Å²) in [7, 11) is -3.87. The number of nitrogens with one attached hydrogen (secondary N) is 1. The predicted molar refractivity (Wildman–Crippen MR) is 97.3 cm³/mol. The minimum Gasteiger partial charge on any atom is -0.478 e. The van der Waals surface area contributed by atoms with Crippen LogP contribution in [0.25, 0.3) is 10.8 Å². The molecule has 0 atom stereocenters. The maximum atomic E-state index is 12.8. The van der Waals surface area contributed by atoms with Crippen LogP contribution < -0.4 is 10.5 Å². The Balaban J connectivity index is 2.07. The molecule has 0 unspecified atom stereocenters. The standard InChI is InChI=1S/C18H16N2O4S/c1-11-10-16(14-4-2-3-5-15(14)17(11)19)25(23,24)20-13-8-6-12(7-9-13)18(21)22/h2-10,20H,19H2,1H3,(H,21,22). The van der Waals surface area contributed by atoms with Gasteiger partial charge in [0.15, 0.2) is 0 Å². The number of nitrogen functional groups attached to an aromatic ring is 1. The molecule has 0 aliphatic heterocycles. The summed E-state index contributed by atoms with van der Waals surface area (Å²) in [4.78, 5) is 11.0. The molecule has 128 valence electrons. The van der Waals surface area contributed by atoms with Crippen LogP contribution in [0.2, 0.25) is 0 Å². The Hall–Kier alpha value is -3.06. The Morgan fingerprint density at radius 3 is 2.24 bits per heavy atom. The van der Waals surface area contributed by atoms with E-state index < -0.39 is 16.0 Å². The number of carbonyl (C=O) groups is 1. The molecule has 0 aromatic heterocycles. The summed E-state index contributed by atoms with van der Waals surface area (Å²) >= 11 is 0. The van der Waals surface area contributed by atoms with Crippen molar-refractivity contribution in [2.45, 2.75) is 11.8 Å². The third-order valence-corrected chi connectivity index (χ3v) is 5.35. The number of benzene rings is 3. The van der Waals surface area contributed by atoms with Crippen molar-refractivity contribution >= 4 is 38.1 Å². The van der Waals surface area contributed by atoms with E-state index in [1.165, 1.54) is 30.3 Å². The van der Waals surface area contributed by atoms with E-state index in [-0.39, 0.29) is 16.1 Å². The zero-order chi connectivity index (χ0) is 18.2. The monoisotopic (exact) mass is 356 g/mol. The van der Waals surface area contributed by atoms with Crippen LogP contribution in [0.1, 0.15) is 15.9 Å². The lowest BCUT2D eigenvalue weighted by atomic mass is 10.1. The number of fused-ring (bicyclic) bond motifs is 1. The van der Waals surface area contributed by atoms with Crippen LogP contribution >= 0.6 is 0 Å². The van der Waals surface area contributed by atoms with Gasteiger partial charge in [-0.2, -0.15) is 0 Å². The first kappa shape index (κ1) is 16.8. The van der Waals surface area contributed by atoms with Crippen molar-refractivity contribution in [2.75, 3.05) is 10.5 Å². The molecule has 0 aliphatic carbocycles. The van der Waals surface area contributed by atoms with E-state index >= 15 is 0 Å². The van der Waals surface area contributed by atoms with Gasteiger partial charge in [-0.05, 0) is 42.8 Å². The van der Waals surface area contributed by atoms with Crippen molar-refractivity contribution in [2.24, 2.45) is 0 Å². The lowest BCUT2D eigenvalue weighted by molar-refractivity contribution is 0.0697. The third kappa shape index (κ3) is 3.14. The summed E-state index contributed by atoms with van der Waals surface area (Å²) < 4.78 is 28.1. The van der Waals surface area contributed by atoms with Crippen LogP contribution in [-0.4, -0.2) is 19.5 Å². The second kappa shape index (κ2) is 6.10. The molecule has 0 spiro atoms. The van der Waals surface area contributed by atoms with Crippen LogP contribution in [0.5, 0.6) is 0 Å². The smallest absolute Gasteiger partial charge is 0.335 e. The molecule has 0 saturated heterocycles. The summed E-state index contributed by atoms with van der Waals surface area (Å²) in [5, 5.41) is 10.1. The number of sulfonamides is 1. The maximum absolute atomic E-state index is 12.8. The molecular formula is C18H16N2O4S. The quantitative estimate of drug-likeness (QED) is 0.622. The topological polar surface area (TPSA) is 109 Å². The lowest BCUT2D eigenvalue weighted by Crippen LogP contribution is -2.14. The van der Waals surface area contributed by atoms with Crippen LogP contribution in [0.4, 0.5) is 11.4 Å². The number of hydrogen-bond acceptors (Lipinski definition) is 4. The highest BCUT2D eigenvalue weighted by molar-refractivity contribution is 7.93. The second-order valence-electron chi connectivity index (χ2n) is 5.64. The molecule has 3 rings (SSSR count). The van der Waals surface area contributed by atoms with E-state index in [4.69, 9.17) is 10.8 Å². The van der Waals surface area contributed by atoms with Crippen molar-refractivity contribution in [3.63, 3.8) is 0 Å². The predicted octanol–water partition coefficient (Wildman–Crippen LogP) is 3.23. The van der Waals surface area contributed by atoms with Gasteiger partial charge in [-0.1, -0.05) is 24.3 Å². The average molecular weight is 356 g/mol. The summed E-state index contributed by atoms with van der Waals surface area (Å²) in [5.74, 6) is -1.07. The fourth-order valence-corrected chi connectivity index (χ4v) is 3.97. The number of carboxylic acids is 1. The first-order valence-electron chi connectivity index (χ1n) is 7.43. The summed E-state index contributed by atoms with van der Waals surface area (Å²) in [6.45, 7) is 1.75. The normalized spacial score (nSPS) is 11.4. The second-order valence-corrected chi connectivity index (χ2v) is 7.29. The van der Waals surface area contributed by atoms with Crippen LogP contribution in [0.3, 0.4) is 0 Å². The highest BCUT2D eigenvalue weighted by Crippen LogP contribution is 2.31. The first-order valence-corrected chi connectivity index (χ1v) is 8.92. The molecule has 25 heavy (non-hydrogen) atoms. The molecule has 3 aromatic rings. The number of aromatic carboxylic acids is 1. The molecule has 0 amide bonds. The van der Waals surface area contributed by atoms with Crippen molar-refractivity contribution in [1.29, 1.82) is 0 Å². The summed E-state index contributed by atoms with van der Waals surface area (Å²) in [6.07, 6.45) is 0. The van der Waals surface area contributed by atoms with Gasteiger partial charge in [0.1, 0.15) is 0 Å². The van der Waals surface area contributed by atoms with Crippen LogP contribution in [0, 0.1) is 6.92 Å². The van der Waals surface area contributed by atoms with Gasteiger partial charge in [0, 0.05) is 22.1 Å². The van der Waals surface area contributed by atoms with Crippen molar-refractivity contribution in [3.8, 4) is 0 Å². The molecular weight excluding hydrogens is 340 g/mol. The molecule has 3 aromatic carbocycles. The van der Waals surface area contributed by atoms with E-state index in [9.17, 15) is 13.2 Å². The number of rotatable bonds is 4. The highest BCUT2D eigenvalue weighted by atomic mass is 32.2. The zero-order valence-corrected chi connectivity index (χ0v) is 14.2. The van der Waals surface area contributed by atoms with Gasteiger partial charge >= 0.3 is 5.97 Å². The molecule has 6 nitrogen and oxygen atoms in total. The fraction of sp³-hybridized carbons (Fsp3) is 0.0556. The molecule has 0 bridgehead atoms. The summed E-state index contributed by atoms with van der Waals surface area (Å²) in [5.41, 5.74) is 7.63. The Bertz CT molecular complexity index is 1070. The molecule has 0 aliphatic rings. The number of anilines is 2. The van der Waals surface area contributed by atoms with E-state index in [1.54, 1.807) is 31.2 Å². The Morgan fingerprint density at radius 2 is 1.64 bits per heavy atom. The van der Waals surface area contributed by atoms with Crippen LogP contribution in [-0.2, 0) is 10.0 Å². The molecule has 0 saturated carbocycles. The van der Waals surface area contributed by atoms with Gasteiger partial charge in [-0.3, -0.25) is 4.72 Å². The SMILES string of the molecule is Cc1cc(S(=O)(=O)Nc2ccc(C(=O)O)cc2)c2ccccc2c1N. The number of aryl methyl sites for hydroxylation is 1. The molecule has 0 heterocycles. The van der Waals surface area contributed by atoms with Gasteiger partial charge in [0.2, 0.25) is 0 Å². The zero-order valence-electron chi connectivity index (χ0n) is 13.4. The van der Waals surface area contributed by atoms with E-state index in [1.807, 2.05) is 0 Å². The minimum absolute atomic E-state index is 0.0803. The average Bonchev–Trinajstić information content (AvgIpc) is 2.58. The van der Waals surface area contributed by atoms with E-state index in [0.29, 0.717) is 22.0 Å². The van der Waals surface area contributed by atoms with E-state index in [0.717, 1.165) is 0 Å². The lowest BCUT2D eigenvalue weighted by Gasteiger charge is -2.14. The largest absolute Gasteiger partial charge is 0.478 e. The first-order chi connectivity index (χ1) is 11.8. The minimum atomic E-state index is -3.87. The highest BCUT2D eigenvalue weighted by Gasteiger charge is 2.20. The third-order valence-electron chi connectivity index (χ3n) is 3.93. The number of carboxylic acid groups (broad SMARTS) is 1. The Kier molecular flexibility index (Phi) is 4.10. The molecule has 7 heteroatoms. The summed E-state index contributed by atoms with van der Waals surface area (Å²) in [6, 6.07) is 14.1. The molecule has 4 N–H and O–H groups in total. The molecule has 0 radical (unpaired) electrons. The van der Waals surface area contributed by atoms with Gasteiger partial charge in [0.05, 0.1) is 10.5 Å². The van der Waals surface area contributed by atoms with Gasteiger partial charge in [-0.25, -0.2) is 13.2 Å². The van der Waals surface area contributed by atoms with Crippen molar-refractivity contribution in [3.05, 3.63) is 65.7 Å². The maximum Gasteiger partial charge on any atom is 0.335 e. The van der Waals surface area contributed by atoms with Gasteiger partial charge in [-0.15, -0.1) is 0 Å². The van der Waals surface area contributed by atoms with Gasteiger partial charge < -0.3 is 10.8 Å². The van der Waals surface area contributed by atoms with Crippen LogP contribution in [0.15, 0.2) is 59.5 Å². The van der Waals surface area contributed by atoms with Gasteiger partial charge in [0.25, 0.3) is 10.0 Å².